The lowest BCUT2D eigenvalue weighted by Crippen LogP contribution is -2.30. The largest absolute Gasteiger partial charge is 0.478 e. The van der Waals surface area contributed by atoms with Crippen molar-refractivity contribution in [3.8, 4) is 11.3 Å². The summed E-state index contributed by atoms with van der Waals surface area (Å²) in [6.07, 6.45) is 7.77. The molecule has 1 saturated heterocycles. The van der Waals surface area contributed by atoms with Gasteiger partial charge in [0.1, 0.15) is 11.5 Å². The number of aromatic carboxylic acids is 1. The fourth-order valence-electron chi connectivity index (χ4n) is 5.71. The van der Waals surface area contributed by atoms with Crippen molar-refractivity contribution in [1.82, 2.24) is 5.01 Å². The van der Waals surface area contributed by atoms with Crippen LogP contribution in [0.2, 0.25) is 5.02 Å². The predicted octanol–water partition coefficient (Wildman–Crippen LogP) is 3.83. The normalized spacial score (nSPS) is 29.5. The minimum Gasteiger partial charge on any atom is -0.478 e. The molecule has 6 rings (SSSR count). The van der Waals surface area contributed by atoms with E-state index >= 15 is 0 Å². The smallest absolute Gasteiger partial charge is 0.337 e. The summed E-state index contributed by atoms with van der Waals surface area (Å²) < 4.78 is 5.72. The first-order valence-electron chi connectivity index (χ1n) is 10.1. The Kier molecular flexibility index (Phi) is 3.69. The lowest BCUT2D eigenvalue weighted by molar-refractivity contribution is -0.141. The Morgan fingerprint density at radius 3 is 2.42 bits per heavy atom. The molecule has 31 heavy (non-hydrogen) atoms. The van der Waals surface area contributed by atoms with Gasteiger partial charge in [-0.05, 0) is 60.4 Å². The van der Waals surface area contributed by atoms with Gasteiger partial charge in [0.25, 0.3) is 11.8 Å². The molecular formula is C23H17ClN2O5. The lowest BCUT2D eigenvalue weighted by atomic mass is 9.85. The number of carboxylic acid groups (broad SMARTS) is 1. The zero-order valence-corrected chi connectivity index (χ0v) is 17.0. The summed E-state index contributed by atoms with van der Waals surface area (Å²) in [5.74, 6) is -1.10. The molecular weight excluding hydrogens is 420 g/mol. The molecule has 1 N–H and O–H groups in total. The van der Waals surface area contributed by atoms with Crippen LogP contribution in [0.25, 0.3) is 11.3 Å². The summed E-state index contributed by atoms with van der Waals surface area (Å²) >= 11 is 5.91. The molecule has 1 aromatic heterocycles. The summed E-state index contributed by atoms with van der Waals surface area (Å²) in [6.45, 7) is 0. The minimum atomic E-state index is -1.13. The Hall–Kier alpha value is -3.19. The maximum atomic E-state index is 12.9. The average Bonchev–Trinajstić information content (AvgIpc) is 3.03. The van der Waals surface area contributed by atoms with Crippen molar-refractivity contribution in [3.05, 3.63) is 58.8 Å². The molecule has 4 aliphatic rings. The molecule has 8 heteroatoms. The van der Waals surface area contributed by atoms with E-state index in [9.17, 15) is 19.5 Å². The fraction of sp³-hybridized carbons (Fsp3) is 0.304. The Balaban J connectivity index is 1.23. The van der Waals surface area contributed by atoms with Gasteiger partial charge in [-0.3, -0.25) is 9.59 Å². The first-order valence-corrected chi connectivity index (χ1v) is 10.5. The lowest BCUT2D eigenvalue weighted by Gasteiger charge is -2.18. The van der Waals surface area contributed by atoms with Gasteiger partial charge in [0.2, 0.25) is 0 Å². The maximum absolute atomic E-state index is 12.9. The number of benzene rings is 1. The minimum absolute atomic E-state index is 0.0257. The molecule has 0 radical (unpaired) electrons. The van der Waals surface area contributed by atoms with E-state index in [4.69, 9.17) is 16.0 Å². The molecule has 0 unspecified atom stereocenters. The Bertz CT molecular complexity index is 1190. The number of amides is 2. The number of imide groups is 1. The highest BCUT2D eigenvalue weighted by Gasteiger charge is 2.73. The van der Waals surface area contributed by atoms with Crippen molar-refractivity contribution >= 4 is 35.6 Å². The number of carboxylic acids is 1. The van der Waals surface area contributed by atoms with Gasteiger partial charge in [0, 0.05) is 5.56 Å². The van der Waals surface area contributed by atoms with Gasteiger partial charge in [-0.1, -0.05) is 23.8 Å². The van der Waals surface area contributed by atoms with E-state index in [1.165, 1.54) is 18.3 Å². The van der Waals surface area contributed by atoms with E-state index in [0.717, 1.165) is 17.9 Å². The van der Waals surface area contributed by atoms with Gasteiger partial charge in [-0.15, -0.1) is 0 Å². The molecule has 2 bridgehead atoms. The third kappa shape index (κ3) is 2.47. The monoisotopic (exact) mass is 436 g/mol. The molecule has 2 saturated carbocycles. The Labute approximate surface area is 182 Å². The van der Waals surface area contributed by atoms with Gasteiger partial charge in [0.05, 0.1) is 28.6 Å². The topological polar surface area (TPSA) is 100 Å². The van der Waals surface area contributed by atoms with Crippen LogP contribution >= 0.6 is 11.6 Å². The van der Waals surface area contributed by atoms with Gasteiger partial charge >= 0.3 is 5.97 Å². The third-order valence-corrected chi connectivity index (χ3v) is 7.57. The van der Waals surface area contributed by atoms with Gasteiger partial charge in [-0.2, -0.15) is 10.1 Å². The number of carbonyl (C=O) groups excluding carboxylic acids is 2. The fourth-order valence-corrected chi connectivity index (χ4v) is 5.91. The van der Waals surface area contributed by atoms with Crippen LogP contribution in [0, 0.1) is 29.1 Å². The number of furan rings is 1. The van der Waals surface area contributed by atoms with Crippen LogP contribution in [0.5, 0.6) is 0 Å². The second-order valence-corrected chi connectivity index (χ2v) is 9.06. The number of allylic oxidation sites excluding steroid dienone is 2. The van der Waals surface area contributed by atoms with Crippen LogP contribution in [0.3, 0.4) is 0 Å². The van der Waals surface area contributed by atoms with Crippen molar-refractivity contribution < 1.29 is 23.9 Å². The number of nitrogens with zero attached hydrogens (tertiary/aromatic N) is 2. The van der Waals surface area contributed by atoms with Crippen molar-refractivity contribution in [1.29, 1.82) is 0 Å². The SMILES string of the molecule is O=C(O)c1cc(-c2ccc(/C=N\N3C(=O)[C@@H]4[C@H](C3=O)[C@H]3C=C[C@H]4C34CC4)o2)ccc1Cl. The Morgan fingerprint density at radius 1 is 1.13 bits per heavy atom. The van der Waals surface area contributed by atoms with E-state index in [1.54, 1.807) is 18.2 Å². The quantitative estimate of drug-likeness (QED) is 0.446. The number of hydrogen-bond donors (Lipinski definition) is 1. The van der Waals surface area contributed by atoms with Crippen LogP contribution in [0.1, 0.15) is 29.0 Å². The molecule has 156 valence electrons. The zero-order chi connectivity index (χ0) is 21.5. The van der Waals surface area contributed by atoms with Crippen molar-refractivity contribution in [2.75, 3.05) is 0 Å². The van der Waals surface area contributed by atoms with Gasteiger partial charge < -0.3 is 9.52 Å². The summed E-state index contributed by atoms with van der Waals surface area (Å²) in [5, 5.41) is 14.5. The second kappa shape index (κ2) is 6.17. The van der Waals surface area contributed by atoms with Crippen molar-refractivity contribution in [2.45, 2.75) is 12.8 Å². The summed E-state index contributed by atoms with van der Waals surface area (Å²) in [7, 11) is 0. The molecule has 1 aliphatic heterocycles. The molecule has 3 aliphatic carbocycles. The maximum Gasteiger partial charge on any atom is 0.337 e. The highest BCUT2D eigenvalue weighted by atomic mass is 35.5. The predicted molar refractivity (Wildman–Crippen MR) is 110 cm³/mol. The Morgan fingerprint density at radius 2 is 1.81 bits per heavy atom. The van der Waals surface area contributed by atoms with E-state index in [2.05, 4.69) is 17.3 Å². The van der Waals surface area contributed by atoms with Gasteiger partial charge in [-0.25, -0.2) is 4.79 Å². The van der Waals surface area contributed by atoms with E-state index in [-0.39, 0.29) is 51.5 Å². The molecule has 2 aromatic rings. The van der Waals surface area contributed by atoms with E-state index in [0.29, 0.717) is 17.1 Å². The van der Waals surface area contributed by atoms with Crippen LogP contribution < -0.4 is 0 Å². The van der Waals surface area contributed by atoms with E-state index < -0.39 is 5.97 Å². The first kappa shape index (κ1) is 18.6. The number of halogens is 1. The number of rotatable bonds is 4. The third-order valence-electron chi connectivity index (χ3n) is 7.24. The van der Waals surface area contributed by atoms with Crippen molar-refractivity contribution in [2.24, 2.45) is 34.2 Å². The van der Waals surface area contributed by atoms with Crippen LogP contribution in [-0.4, -0.2) is 34.1 Å². The molecule has 4 atom stereocenters. The average molecular weight is 437 g/mol. The van der Waals surface area contributed by atoms with E-state index in [1.807, 2.05) is 0 Å². The second-order valence-electron chi connectivity index (χ2n) is 8.66. The molecule has 7 nitrogen and oxygen atoms in total. The standard InChI is InChI=1S/C23H17ClN2O5/c24-16-5-1-11(9-13(16)22(29)30)17-6-2-12(31-17)10-25-26-20(27)18-14-3-4-15(19(18)21(26)28)23(14)7-8-23/h1-6,9-10,14-15,18-19H,7-8H2,(H,29,30)/b25-10-/t14-,15-,18-,19+/m1/s1. The highest BCUT2D eigenvalue weighted by Crippen LogP contribution is 2.73. The number of carbonyl (C=O) groups is 3. The van der Waals surface area contributed by atoms with Crippen molar-refractivity contribution in [3.63, 3.8) is 0 Å². The molecule has 2 amide bonds. The molecule has 1 aromatic carbocycles. The van der Waals surface area contributed by atoms with Crippen LogP contribution in [0.4, 0.5) is 0 Å². The number of hydrazone groups is 1. The summed E-state index contributed by atoms with van der Waals surface area (Å²) in [5.41, 5.74) is 0.670. The number of hydrogen-bond acceptors (Lipinski definition) is 5. The van der Waals surface area contributed by atoms with Gasteiger partial charge in [0.15, 0.2) is 0 Å². The number of fused-ring (bicyclic) bond motifs is 3. The van der Waals surface area contributed by atoms with Crippen LogP contribution in [0.15, 0.2) is 52.0 Å². The molecule has 1 spiro atoms. The first-order chi connectivity index (χ1) is 14.9. The zero-order valence-electron chi connectivity index (χ0n) is 16.2. The summed E-state index contributed by atoms with van der Waals surface area (Å²) in [6, 6.07) is 7.88. The van der Waals surface area contributed by atoms with Crippen LogP contribution in [-0.2, 0) is 9.59 Å². The molecule has 2 heterocycles. The summed E-state index contributed by atoms with van der Waals surface area (Å²) in [4.78, 5) is 37.2. The highest BCUT2D eigenvalue weighted by molar-refractivity contribution is 6.33. The molecule has 3 fully saturated rings.